The fraction of sp³-hybridized carbons (Fsp3) is 0.462. The fourth-order valence-corrected chi connectivity index (χ4v) is 4.89. The van der Waals surface area contributed by atoms with Gasteiger partial charge in [0.25, 0.3) is 11.8 Å². The minimum absolute atomic E-state index is 0.0368. The number of benzene rings is 2. The van der Waals surface area contributed by atoms with Gasteiger partial charge in [0.2, 0.25) is 0 Å². The Labute approximate surface area is 185 Å². The van der Waals surface area contributed by atoms with Gasteiger partial charge in [0.15, 0.2) is 0 Å². The molecule has 1 aliphatic heterocycles. The molecule has 31 heavy (non-hydrogen) atoms. The van der Waals surface area contributed by atoms with Crippen LogP contribution >= 0.6 is 0 Å². The number of carbonyl (C=O) groups is 2. The molecule has 0 radical (unpaired) electrons. The zero-order chi connectivity index (χ0) is 22.1. The molecule has 2 amide bonds. The average Bonchev–Trinajstić information content (AvgIpc) is 2.74. The van der Waals surface area contributed by atoms with Crippen molar-refractivity contribution < 1.29 is 9.59 Å². The van der Waals surface area contributed by atoms with Gasteiger partial charge in [-0.15, -0.1) is 0 Å². The monoisotopic (exact) mass is 419 g/mol. The topological polar surface area (TPSA) is 75.4 Å². The van der Waals surface area contributed by atoms with Gasteiger partial charge in [0.05, 0.1) is 0 Å². The molecule has 0 bridgehead atoms. The molecule has 2 aromatic carbocycles. The minimum Gasteiger partial charge on any atom is -0.399 e. The van der Waals surface area contributed by atoms with Crippen LogP contribution in [-0.2, 0) is 0 Å². The number of likely N-dealkylation sites (tertiary alicyclic amines) is 1. The van der Waals surface area contributed by atoms with Crippen LogP contribution in [0, 0.1) is 13.8 Å². The Balaban J connectivity index is 1.52. The van der Waals surface area contributed by atoms with Gasteiger partial charge in [0.1, 0.15) is 0 Å². The van der Waals surface area contributed by atoms with Gasteiger partial charge in [-0.2, -0.15) is 0 Å². The van der Waals surface area contributed by atoms with Crippen LogP contribution in [0.1, 0.15) is 86.9 Å². The van der Waals surface area contributed by atoms with Crippen LogP contribution in [0.15, 0.2) is 30.3 Å². The minimum atomic E-state index is -0.103. The van der Waals surface area contributed by atoms with Crippen molar-refractivity contribution in [2.45, 2.75) is 57.8 Å². The van der Waals surface area contributed by atoms with Gasteiger partial charge >= 0.3 is 0 Å². The highest BCUT2D eigenvalue weighted by atomic mass is 16.2. The third-order valence-corrected chi connectivity index (χ3v) is 7.19. The van der Waals surface area contributed by atoms with E-state index in [9.17, 15) is 9.59 Å². The first-order valence-corrected chi connectivity index (χ1v) is 11.4. The second kappa shape index (κ2) is 8.74. The van der Waals surface area contributed by atoms with Gasteiger partial charge in [-0.25, -0.2) is 0 Å². The first-order chi connectivity index (χ1) is 14.9. The summed E-state index contributed by atoms with van der Waals surface area (Å²) in [6, 6.07) is 10.2. The molecule has 0 unspecified atom stereocenters. The molecule has 1 aliphatic carbocycles. The zero-order valence-corrected chi connectivity index (χ0v) is 18.8. The fourth-order valence-electron chi connectivity index (χ4n) is 4.89. The summed E-state index contributed by atoms with van der Waals surface area (Å²) in [5.74, 6) is 0.823. The lowest BCUT2D eigenvalue weighted by atomic mass is 9.77. The molecule has 3 N–H and O–H groups in total. The van der Waals surface area contributed by atoms with E-state index in [1.54, 1.807) is 7.05 Å². The normalized spacial score (nSPS) is 17.3. The quantitative estimate of drug-likeness (QED) is 0.715. The Kier molecular flexibility index (Phi) is 6.03. The van der Waals surface area contributed by atoms with Crippen LogP contribution in [0.5, 0.6) is 0 Å². The highest BCUT2D eigenvalue weighted by Crippen LogP contribution is 2.39. The number of hydrogen-bond donors (Lipinski definition) is 2. The highest BCUT2D eigenvalue weighted by Gasteiger charge is 2.29. The summed E-state index contributed by atoms with van der Waals surface area (Å²) < 4.78 is 0. The van der Waals surface area contributed by atoms with Crippen molar-refractivity contribution in [2.24, 2.45) is 0 Å². The number of nitrogens with one attached hydrogen (secondary N) is 1. The van der Waals surface area contributed by atoms with Crippen LogP contribution in [0.2, 0.25) is 0 Å². The number of anilines is 1. The van der Waals surface area contributed by atoms with E-state index in [1.165, 1.54) is 12.0 Å². The lowest BCUT2D eigenvalue weighted by Gasteiger charge is -2.33. The smallest absolute Gasteiger partial charge is 0.254 e. The lowest BCUT2D eigenvalue weighted by molar-refractivity contribution is 0.0712. The van der Waals surface area contributed by atoms with E-state index in [2.05, 4.69) is 23.5 Å². The van der Waals surface area contributed by atoms with Gasteiger partial charge in [0, 0.05) is 37.0 Å². The largest absolute Gasteiger partial charge is 0.399 e. The van der Waals surface area contributed by atoms with E-state index in [4.69, 9.17) is 5.73 Å². The number of aryl methyl sites for hydroxylation is 2. The number of amides is 2. The molecule has 2 aromatic rings. The molecule has 164 valence electrons. The molecule has 5 heteroatoms. The average molecular weight is 420 g/mol. The highest BCUT2D eigenvalue weighted by molar-refractivity contribution is 6.01. The Morgan fingerprint density at radius 2 is 1.65 bits per heavy atom. The molecular weight excluding hydrogens is 386 g/mol. The molecular formula is C26H33N3O2. The lowest BCUT2D eigenvalue weighted by Crippen LogP contribution is -2.38. The predicted molar refractivity (Wildman–Crippen MR) is 125 cm³/mol. The molecule has 0 aromatic heterocycles. The summed E-state index contributed by atoms with van der Waals surface area (Å²) in [6.45, 7) is 5.49. The van der Waals surface area contributed by atoms with Crippen molar-refractivity contribution in [3.05, 3.63) is 63.7 Å². The Hall–Kier alpha value is -2.82. The Bertz CT molecular complexity index is 1000. The molecule has 0 atom stereocenters. The van der Waals surface area contributed by atoms with E-state index in [1.807, 2.05) is 30.9 Å². The Morgan fingerprint density at radius 1 is 0.935 bits per heavy atom. The third kappa shape index (κ3) is 4.18. The number of rotatable bonds is 4. The molecule has 1 saturated heterocycles. The predicted octanol–water partition coefficient (Wildman–Crippen LogP) is 4.53. The summed E-state index contributed by atoms with van der Waals surface area (Å²) >= 11 is 0. The van der Waals surface area contributed by atoms with Crippen LogP contribution < -0.4 is 11.1 Å². The van der Waals surface area contributed by atoms with E-state index in [0.717, 1.165) is 61.2 Å². The van der Waals surface area contributed by atoms with Gasteiger partial charge < -0.3 is 16.0 Å². The maximum absolute atomic E-state index is 13.4. The van der Waals surface area contributed by atoms with Crippen LogP contribution in [-0.4, -0.2) is 36.9 Å². The van der Waals surface area contributed by atoms with Crippen molar-refractivity contribution >= 4 is 17.5 Å². The summed E-state index contributed by atoms with van der Waals surface area (Å²) in [5, 5.41) is 2.75. The van der Waals surface area contributed by atoms with Gasteiger partial charge in [-0.1, -0.05) is 24.6 Å². The SMILES string of the molecule is CNC(=O)c1cc(C(=O)N2CCC(c3ccc(N)c(C)c3)CC2)c(C)cc1C1CCC1. The number of nitrogens with zero attached hydrogens (tertiary/aromatic N) is 1. The molecule has 4 rings (SSSR count). The van der Waals surface area contributed by atoms with Crippen LogP contribution in [0.4, 0.5) is 5.69 Å². The summed E-state index contributed by atoms with van der Waals surface area (Å²) in [7, 11) is 1.65. The van der Waals surface area contributed by atoms with E-state index in [0.29, 0.717) is 23.0 Å². The van der Waals surface area contributed by atoms with Crippen LogP contribution in [0.3, 0.4) is 0 Å². The number of nitrogen functional groups attached to an aromatic ring is 1. The summed E-state index contributed by atoms with van der Waals surface area (Å²) in [6.07, 6.45) is 5.33. The number of hydrogen-bond acceptors (Lipinski definition) is 3. The molecule has 1 heterocycles. The first-order valence-electron chi connectivity index (χ1n) is 11.4. The van der Waals surface area contributed by atoms with Gasteiger partial charge in [-0.3, -0.25) is 9.59 Å². The molecule has 0 spiro atoms. The molecule has 2 aliphatic rings. The maximum Gasteiger partial charge on any atom is 0.254 e. The second-order valence-corrected chi connectivity index (χ2v) is 9.14. The van der Waals surface area contributed by atoms with Crippen molar-refractivity contribution in [3.8, 4) is 0 Å². The Morgan fingerprint density at radius 3 is 2.23 bits per heavy atom. The second-order valence-electron chi connectivity index (χ2n) is 9.14. The summed E-state index contributed by atoms with van der Waals surface area (Å²) in [4.78, 5) is 27.9. The van der Waals surface area contributed by atoms with Crippen molar-refractivity contribution in [1.82, 2.24) is 10.2 Å². The molecule has 2 fully saturated rings. The zero-order valence-electron chi connectivity index (χ0n) is 18.8. The van der Waals surface area contributed by atoms with E-state index in [-0.39, 0.29) is 11.8 Å². The standard InChI is InChI=1S/C26H33N3O2/c1-16-14-22(19-5-4-6-19)23(25(30)28-3)15-21(16)26(31)29-11-9-18(10-12-29)20-7-8-24(27)17(2)13-20/h7-8,13-15,18-19H,4-6,9-12,27H2,1-3H3,(H,28,30). The number of nitrogens with two attached hydrogens (primary N) is 1. The summed E-state index contributed by atoms with van der Waals surface area (Å²) in [5.41, 5.74) is 12.6. The number of carbonyl (C=O) groups excluding carboxylic acids is 2. The maximum atomic E-state index is 13.4. The van der Waals surface area contributed by atoms with Crippen molar-refractivity contribution in [1.29, 1.82) is 0 Å². The van der Waals surface area contributed by atoms with E-state index >= 15 is 0 Å². The van der Waals surface area contributed by atoms with Gasteiger partial charge in [-0.05, 0) is 85.8 Å². The molecule has 1 saturated carbocycles. The van der Waals surface area contributed by atoms with Crippen molar-refractivity contribution in [2.75, 3.05) is 25.9 Å². The first kappa shape index (κ1) is 21.4. The number of piperidine rings is 1. The van der Waals surface area contributed by atoms with E-state index < -0.39 is 0 Å². The third-order valence-electron chi connectivity index (χ3n) is 7.19. The molecule has 5 nitrogen and oxygen atoms in total. The van der Waals surface area contributed by atoms with Crippen LogP contribution in [0.25, 0.3) is 0 Å². The van der Waals surface area contributed by atoms with Crippen molar-refractivity contribution in [3.63, 3.8) is 0 Å².